The minimum absolute atomic E-state index is 0.0481. The van der Waals surface area contributed by atoms with Gasteiger partial charge < -0.3 is 9.52 Å². The Morgan fingerprint density at radius 2 is 2.42 bits per heavy atom. The molecule has 2 rings (SSSR count). The van der Waals surface area contributed by atoms with Gasteiger partial charge in [0, 0.05) is 5.39 Å². The van der Waals surface area contributed by atoms with Gasteiger partial charge in [0.2, 0.25) is 0 Å². The molecule has 2 heterocycles. The molecule has 0 bridgehead atoms. The van der Waals surface area contributed by atoms with Gasteiger partial charge in [-0.05, 0) is 22.0 Å². The molecule has 0 spiro atoms. The Morgan fingerprint density at radius 3 is 3.17 bits per heavy atom. The Labute approximate surface area is 77.2 Å². The van der Waals surface area contributed by atoms with E-state index in [1.54, 1.807) is 18.5 Å². The third kappa shape index (κ3) is 1.13. The minimum atomic E-state index is -0.0481. The normalized spacial score (nSPS) is 10.8. The Balaban J connectivity index is 2.71. The molecule has 2 aromatic heterocycles. The molecule has 0 radical (unpaired) electrons. The van der Waals surface area contributed by atoms with E-state index in [4.69, 9.17) is 9.52 Å². The van der Waals surface area contributed by atoms with Gasteiger partial charge in [0.05, 0.1) is 23.0 Å². The number of halogens is 1. The van der Waals surface area contributed by atoms with E-state index in [0.29, 0.717) is 5.69 Å². The first-order valence-electron chi connectivity index (χ1n) is 3.44. The Morgan fingerprint density at radius 1 is 1.58 bits per heavy atom. The molecule has 0 atom stereocenters. The third-order valence-electron chi connectivity index (χ3n) is 1.63. The maximum Gasteiger partial charge on any atom is 0.153 e. The molecular weight excluding hydrogens is 222 g/mol. The van der Waals surface area contributed by atoms with E-state index in [1.807, 2.05) is 0 Å². The standard InChI is InChI=1S/C8H6BrNO2/c9-7-4-12-8-2-10-5(3-11)1-6(7)8/h1-2,4,11H,3H2. The van der Waals surface area contributed by atoms with E-state index in [1.165, 1.54) is 0 Å². The summed E-state index contributed by atoms with van der Waals surface area (Å²) >= 11 is 3.33. The molecule has 0 aliphatic rings. The molecule has 0 saturated carbocycles. The van der Waals surface area contributed by atoms with Gasteiger partial charge in [-0.2, -0.15) is 0 Å². The number of furan rings is 1. The first-order chi connectivity index (χ1) is 5.81. The van der Waals surface area contributed by atoms with E-state index in [-0.39, 0.29) is 6.61 Å². The van der Waals surface area contributed by atoms with E-state index in [2.05, 4.69) is 20.9 Å². The number of pyridine rings is 1. The number of hydrogen-bond acceptors (Lipinski definition) is 3. The van der Waals surface area contributed by atoms with Crippen LogP contribution in [0.15, 0.2) is 27.4 Å². The highest BCUT2D eigenvalue weighted by molar-refractivity contribution is 9.10. The molecule has 4 heteroatoms. The van der Waals surface area contributed by atoms with Crippen molar-refractivity contribution in [2.75, 3.05) is 0 Å². The van der Waals surface area contributed by atoms with Crippen LogP contribution in [0.3, 0.4) is 0 Å². The predicted molar refractivity (Wildman–Crippen MR) is 47.6 cm³/mol. The van der Waals surface area contributed by atoms with Crippen LogP contribution in [0.25, 0.3) is 11.0 Å². The van der Waals surface area contributed by atoms with E-state index >= 15 is 0 Å². The first-order valence-corrected chi connectivity index (χ1v) is 4.23. The first kappa shape index (κ1) is 7.76. The van der Waals surface area contributed by atoms with Gasteiger partial charge in [-0.15, -0.1) is 0 Å². The molecule has 62 valence electrons. The summed E-state index contributed by atoms with van der Waals surface area (Å²) < 4.78 is 6.04. The molecule has 0 unspecified atom stereocenters. The lowest BCUT2D eigenvalue weighted by molar-refractivity contribution is 0.277. The van der Waals surface area contributed by atoms with Crippen LogP contribution in [0.2, 0.25) is 0 Å². The summed E-state index contributed by atoms with van der Waals surface area (Å²) in [7, 11) is 0. The molecule has 0 amide bonds. The topological polar surface area (TPSA) is 46.3 Å². The van der Waals surface area contributed by atoms with E-state index in [9.17, 15) is 0 Å². The lowest BCUT2D eigenvalue weighted by Crippen LogP contribution is -1.86. The summed E-state index contributed by atoms with van der Waals surface area (Å²) in [6, 6.07) is 1.79. The van der Waals surface area contributed by atoms with Crippen LogP contribution in [0.1, 0.15) is 5.69 Å². The second-order valence-electron chi connectivity index (χ2n) is 2.41. The zero-order valence-corrected chi connectivity index (χ0v) is 7.71. The summed E-state index contributed by atoms with van der Waals surface area (Å²) in [6.45, 7) is -0.0481. The minimum Gasteiger partial charge on any atom is -0.461 e. The lowest BCUT2D eigenvalue weighted by atomic mass is 10.3. The van der Waals surface area contributed by atoms with E-state index in [0.717, 1.165) is 15.4 Å². The Kier molecular flexibility index (Phi) is 1.86. The average molecular weight is 228 g/mol. The van der Waals surface area contributed by atoms with E-state index < -0.39 is 0 Å². The number of aliphatic hydroxyl groups is 1. The molecule has 1 N–H and O–H groups in total. The van der Waals surface area contributed by atoms with Crippen LogP contribution in [0, 0.1) is 0 Å². The van der Waals surface area contributed by atoms with Crippen molar-refractivity contribution >= 4 is 26.9 Å². The summed E-state index contributed by atoms with van der Waals surface area (Å²) in [6.07, 6.45) is 3.21. The zero-order chi connectivity index (χ0) is 8.55. The highest BCUT2D eigenvalue weighted by atomic mass is 79.9. The van der Waals surface area contributed by atoms with Crippen LogP contribution in [0.4, 0.5) is 0 Å². The highest BCUT2D eigenvalue weighted by Crippen LogP contribution is 2.25. The van der Waals surface area contributed by atoms with Crippen LogP contribution in [-0.4, -0.2) is 10.1 Å². The monoisotopic (exact) mass is 227 g/mol. The van der Waals surface area contributed by atoms with Crippen molar-refractivity contribution in [3.63, 3.8) is 0 Å². The number of hydrogen-bond donors (Lipinski definition) is 1. The molecule has 12 heavy (non-hydrogen) atoms. The second kappa shape index (κ2) is 2.88. The van der Waals surface area contributed by atoms with Crippen LogP contribution < -0.4 is 0 Å². The molecule has 3 nitrogen and oxygen atoms in total. The Hall–Kier alpha value is -0.870. The van der Waals surface area contributed by atoms with Crippen LogP contribution >= 0.6 is 15.9 Å². The number of fused-ring (bicyclic) bond motifs is 1. The summed E-state index contributed by atoms with van der Waals surface area (Å²) in [5.41, 5.74) is 1.36. The molecule has 0 aliphatic heterocycles. The second-order valence-corrected chi connectivity index (χ2v) is 3.27. The van der Waals surface area contributed by atoms with Gasteiger partial charge in [-0.3, -0.25) is 4.98 Å². The van der Waals surface area contributed by atoms with Crippen molar-refractivity contribution in [3.8, 4) is 0 Å². The van der Waals surface area contributed by atoms with Crippen molar-refractivity contribution in [2.45, 2.75) is 6.61 Å². The van der Waals surface area contributed by atoms with Crippen molar-refractivity contribution in [2.24, 2.45) is 0 Å². The van der Waals surface area contributed by atoms with Crippen LogP contribution in [-0.2, 0) is 6.61 Å². The number of rotatable bonds is 1. The molecule has 2 aromatic rings. The average Bonchev–Trinajstić information content (AvgIpc) is 2.47. The molecular formula is C8H6BrNO2. The number of aliphatic hydroxyl groups excluding tert-OH is 1. The van der Waals surface area contributed by atoms with Crippen molar-refractivity contribution in [1.82, 2.24) is 4.98 Å². The fourth-order valence-corrected chi connectivity index (χ4v) is 1.44. The summed E-state index contributed by atoms with van der Waals surface area (Å²) in [5.74, 6) is 0. The number of aromatic nitrogens is 1. The molecule has 0 aliphatic carbocycles. The molecule has 0 saturated heterocycles. The maximum atomic E-state index is 8.82. The Bertz CT molecular complexity index is 410. The fraction of sp³-hybridized carbons (Fsp3) is 0.125. The summed E-state index contributed by atoms with van der Waals surface area (Å²) in [4.78, 5) is 3.97. The van der Waals surface area contributed by atoms with Gasteiger partial charge in [0.1, 0.15) is 6.26 Å². The molecule has 0 aromatic carbocycles. The van der Waals surface area contributed by atoms with Gasteiger partial charge in [-0.1, -0.05) is 0 Å². The molecule has 0 fully saturated rings. The van der Waals surface area contributed by atoms with Crippen molar-refractivity contribution in [3.05, 3.63) is 28.7 Å². The lowest BCUT2D eigenvalue weighted by Gasteiger charge is -1.93. The largest absolute Gasteiger partial charge is 0.461 e. The van der Waals surface area contributed by atoms with Crippen LogP contribution in [0.5, 0.6) is 0 Å². The van der Waals surface area contributed by atoms with Gasteiger partial charge in [0.25, 0.3) is 0 Å². The third-order valence-corrected chi connectivity index (χ3v) is 2.25. The van der Waals surface area contributed by atoms with Gasteiger partial charge in [-0.25, -0.2) is 0 Å². The highest BCUT2D eigenvalue weighted by Gasteiger charge is 2.03. The number of nitrogens with zero attached hydrogens (tertiary/aromatic N) is 1. The maximum absolute atomic E-state index is 8.82. The van der Waals surface area contributed by atoms with Crippen molar-refractivity contribution in [1.29, 1.82) is 0 Å². The summed E-state index contributed by atoms with van der Waals surface area (Å²) in [5, 5.41) is 9.76. The fourth-order valence-electron chi connectivity index (χ4n) is 1.03. The SMILES string of the molecule is OCc1cc2c(Br)coc2cn1. The van der Waals surface area contributed by atoms with Gasteiger partial charge in [0.15, 0.2) is 5.58 Å². The zero-order valence-electron chi connectivity index (χ0n) is 6.12. The van der Waals surface area contributed by atoms with Gasteiger partial charge >= 0.3 is 0 Å². The smallest absolute Gasteiger partial charge is 0.153 e. The predicted octanol–water partition coefficient (Wildman–Crippen LogP) is 2.08. The quantitative estimate of drug-likeness (QED) is 0.812. The van der Waals surface area contributed by atoms with Crippen molar-refractivity contribution < 1.29 is 9.52 Å².